The molecule has 0 fully saturated rings. The van der Waals surface area contributed by atoms with Crippen LogP contribution in [-0.2, 0) is 0 Å². The molecule has 0 bridgehead atoms. The Morgan fingerprint density at radius 1 is 0.317 bits per heavy atom. The fraction of sp³-hybridized carbons (Fsp3) is 0. The third-order valence-electron chi connectivity index (χ3n) is 12.4. The second kappa shape index (κ2) is 15.3. The lowest BCUT2D eigenvalue weighted by Gasteiger charge is -2.29. The number of hydrogen-bond acceptors (Lipinski definition) is 2. The Morgan fingerprint density at radius 2 is 0.857 bits per heavy atom. The van der Waals surface area contributed by atoms with Gasteiger partial charge < -0.3 is 13.9 Å². The average molecular weight is 805 g/mol. The van der Waals surface area contributed by atoms with Crippen molar-refractivity contribution in [1.82, 2.24) is 4.57 Å². The lowest BCUT2D eigenvalue weighted by Crippen LogP contribution is -2.11. The molecule has 2 aromatic heterocycles. The molecule has 0 aliphatic rings. The molecule has 3 nitrogen and oxygen atoms in total. The van der Waals surface area contributed by atoms with Crippen LogP contribution in [0.2, 0.25) is 0 Å². The molecule has 296 valence electrons. The topological polar surface area (TPSA) is 21.3 Å². The third-order valence-corrected chi connectivity index (χ3v) is 12.4. The highest BCUT2D eigenvalue weighted by Gasteiger charge is 2.22. The van der Waals surface area contributed by atoms with Crippen LogP contribution in [-0.4, -0.2) is 4.57 Å². The summed E-state index contributed by atoms with van der Waals surface area (Å²) in [5, 5.41) is 4.73. The zero-order chi connectivity index (χ0) is 41.7. The number of hydrogen-bond donors (Lipinski definition) is 0. The van der Waals surface area contributed by atoms with E-state index in [1.807, 2.05) is 12.1 Å². The highest BCUT2D eigenvalue weighted by Crippen LogP contribution is 2.45. The lowest BCUT2D eigenvalue weighted by atomic mass is 9.97. The first-order valence-electron chi connectivity index (χ1n) is 21.5. The van der Waals surface area contributed by atoms with Crippen molar-refractivity contribution in [3.05, 3.63) is 243 Å². The van der Waals surface area contributed by atoms with Crippen molar-refractivity contribution < 1.29 is 4.42 Å². The van der Waals surface area contributed by atoms with E-state index in [1.54, 1.807) is 0 Å². The molecule has 0 atom stereocenters. The summed E-state index contributed by atoms with van der Waals surface area (Å²) < 4.78 is 8.92. The predicted molar refractivity (Wildman–Crippen MR) is 264 cm³/mol. The second-order valence-corrected chi connectivity index (χ2v) is 16.1. The van der Waals surface area contributed by atoms with Crippen molar-refractivity contribution in [2.45, 2.75) is 0 Å². The highest BCUT2D eigenvalue weighted by molar-refractivity contribution is 6.11. The van der Waals surface area contributed by atoms with Gasteiger partial charge in [-0.3, -0.25) is 0 Å². The van der Waals surface area contributed by atoms with Crippen molar-refractivity contribution >= 4 is 60.8 Å². The molecule has 10 aromatic carbocycles. The van der Waals surface area contributed by atoms with E-state index in [0.717, 1.165) is 78.1 Å². The Morgan fingerprint density at radius 3 is 1.63 bits per heavy atom. The Balaban J connectivity index is 1.04. The van der Waals surface area contributed by atoms with Crippen LogP contribution in [0.1, 0.15) is 0 Å². The van der Waals surface area contributed by atoms with Gasteiger partial charge >= 0.3 is 0 Å². The average Bonchev–Trinajstić information content (AvgIpc) is 3.91. The van der Waals surface area contributed by atoms with Crippen molar-refractivity contribution in [3.8, 4) is 50.2 Å². The van der Waals surface area contributed by atoms with Gasteiger partial charge in [-0.1, -0.05) is 182 Å². The third kappa shape index (κ3) is 6.29. The SMILES string of the molecule is c1ccc(-c2cccc(-c3cccc(N(c4ccc(-c5cccc6c5oc5ccccc56)cc4)c4ccccc4-c4ccccc4-n4c5ccccc5c5ccccc54)c3)c2)cc1. The molecule has 0 aliphatic heterocycles. The molecule has 0 spiro atoms. The van der Waals surface area contributed by atoms with Crippen molar-refractivity contribution in [2.24, 2.45) is 0 Å². The molecule has 12 rings (SSSR count). The van der Waals surface area contributed by atoms with Gasteiger partial charge in [0.2, 0.25) is 0 Å². The molecule has 0 saturated carbocycles. The molecule has 0 N–H and O–H groups in total. The van der Waals surface area contributed by atoms with Gasteiger partial charge in [0.05, 0.1) is 22.4 Å². The van der Waals surface area contributed by atoms with Crippen LogP contribution in [0, 0.1) is 0 Å². The fourth-order valence-electron chi connectivity index (χ4n) is 9.50. The van der Waals surface area contributed by atoms with Gasteiger partial charge in [-0.15, -0.1) is 0 Å². The predicted octanol–water partition coefficient (Wildman–Crippen LogP) is 16.8. The number of para-hydroxylation sites is 6. The summed E-state index contributed by atoms with van der Waals surface area (Å²) in [6.45, 7) is 0. The molecule has 2 heterocycles. The zero-order valence-electron chi connectivity index (χ0n) is 34.4. The Labute approximate surface area is 366 Å². The molecule has 0 amide bonds. The molecular formula is C60H40N2O. The summed E-state index contributed by atoms with van der Waals surface area (Å²) in [5.41, 5.74) is 17.6. The lowest BCUT2D eigenvalue weighted by molar-refractivity contribution is 0.670. The molecule has 63 heavy (non-hydrogen) atoms. The van der Waals surface area contributed by atoms with Gasteiger partial charge in [0, 0.05) is 49.6 Å². The van der Waals surface area contributed by atoms with Crippen molar-refractivity contribution in [3.63, 3.8) is 0 Å². The summed E-state index contributed by atoms with van der Waals surface area (Å²) in [6, 6.07) is 87.2. The van der Waals surface area contributed by atoms with E-state index in [0.29, 0.717) is 0 Å². The second-order valence-electron chi connectivity index (χ2n) is 16.1. The van der Waals surface area contributed by atoms with E-state index in [-0.39, 0.29) is 0 Å². The van der Waals surface area contributed by atoms with Crippen LogP contribution in [0.4, 0.5) is 17.1 Å². The molecule has 0 radical (unpaired) electrons. The number of benzene rings is 10. The van der Waals surface area contributed by atoms with E-state index >= 15 is 0 Å². The van der Waals surface area contributed by atoms with Gasteiger partial charge in [-0.25, -0.2) is 0 Å². The summed E-state index contributed by atoms with van der Waals surface area (Å²) in [6.07, 6.45) is 0. The van der Waals surface area contributed by atoms with E-state index in [2.05, 4.69) is 240 Å². The molecule has 12 aromatic rings. The van der Waals surface area contributed by atoms with Crippen LogP contribution < -0.4 is 4.90 Å². The zero-order valence-corrected chi connectivity index (χ0v) is 34.4. The van der Waals surface area contributed by atoms with Crippen LogP contribution in [0.25, 0.3) is 93.9 Å². The van der Waals surface area contributed by atoms with Crippen LogP contribution >= 0.6 is 0 Å². The first-order chi connectivity index (χ1) is 31.3. The van der Waals surface area contributed by atoms with Crippen molar-refractivity contribution in [1.29, 1.82) is 0 Å². The van der Waals surface area contributed by atoms with Crippen LogP contribution in [0.15, 0.2) is 247 Å². The normalized spacial score (nSPS) is 11.5. The summed E-state index contributed by atoms with van der Waals surface area (Å²) in [7, 11) is 0. The van der Waals surface area contributed by atoms with Crippen molar-refractivity contribution in [2.75, 3.05) is 4.90 Å². The maximum absolute atomic E-state index is 6.49. The monoisotopic (exact) mass is 804 g/mol. The van der Waals surface area contributed by atoms with E-state index in [1.165, 1.54) is 32.9 Å². The minimum Gasteiger partial charge on any atom is -0.455 e. The number of furan rings is 1. The first-order valence-corrected chi connectivity index (χ1v) is 21.5. The number of aromatic nitrogens is 1. The maximum Gasteiger partial charge on any atom is 0.143 e. The molecular weight excluding hydrogens is 765 g/mol. The minimum atomic E-state index is 0.898. The molecule has 3 heteroatoms. The van der Waals surface area contributed by atoms with E-state index in [9.17, 15) is 0 Å². The van der Waals surface area contributed by atoms with E-state index in [4.69, 9.17) is 4.42 Å². The largest absolute Gasteiger partial charge is 0.455 e. The Kier molecular flexibility index (Phi) is 8.83. The molecule has 0 aliphatic carbocycles. The standard InChI is InChI=1S/C60H40N2O/c1-2-17-41(18-3-1)43-19-14-20-44(39-43)45-21-15-22-47(40-45)61(46-37-35-42(36-38-46)48-28-16-29-54-53-27-8-13-34-59(53)63-60(48)54)55-30-9-4-23-49(55)50-24-5-10-31-56(50)62-57-32-11-6-25-51(57)52-26-7-12-33-58(52)62/h1-40H. The van der Waals surface area contributed by atoms with Gasteiger partial charge in [0.25, 0.3) is 0 Å². The summed E-state index contributed by atoms with van der Waals surface area (Å²) >= 11 is 0. The first kappa shape index (κ1) is 36.5. The van der Waals surface area contributed by atoms with Gasteiger partial charge in [0.1, 0.15) is 11.2 Å². The van der Waals surface area contributed by atoms with Crippen LogP contribution in [0.5, 0.6) is 0 Å². The Bertz CT molecular complexity index is 3580. The highest BCUT2D eigenvalue weighted by atomic mass is 16.3. The quantitative estimate of drug-likeness (QED) is 0.153. The van der Waals surface area contributed by atoms with Gasteiger partial charge in [-0.2, -0.15) is 0 Å². The number of anilines is 3. The van der Waals surface area contributed by atoms with E-state index < -0.39 is 0 Å². The van der Waals surface area contributed by atoms with Gasteiger partial charge in [0.15, 0.2) is 0 Å². The van der Waals surface area contributed by atoms with Gasteiger partial charge in [-0.05, 0) is 88.5 Å². The number of fused-ring (bicyclic) bond motifs is 6. The number of nitrogens with zero attached hydrogens (tertiary/aromatic N) is 2. The Hall–Kier alpha value is -8.40. The summed E-state index contributed by atoms with van der Waals surface area (Å²) in [5.74, 6) is 0. The fourth-order valence-corrected chi connectivity index (χ4v) is 9.50. The molecule has 0 unspecified atom stereocenters. The summed E-state index contributed by atoms with van der Waals surface area (Å²) in [4.78, 5) is 2.41. The minimum absolute atomic E-state index is 0.898. The molecule has 0 saturated heterocycles. The smallest absolute Gasteiger partial charge is 0.143 e. The number of rotatable bonds is 8. The maximum atomic E-state index is 6.49. The van der Waals surface area contributed by atoms with Crippen LogP contribution in [0.3, 0.4) is 0 Å².